The largest absolute Gasteiger partial charge is 0.465 e. The van der Waals surface area contributed by atoms with Gasteiger partial charge in [0.05, 0.1) is 19.3 Å². The molecule has 0 saturated carbocycles. The van der Waals surface area contributed by atoms with Crippen molar-refractivity contribution in [3.8, 4) is 0 Å². The zero-order valence-electron chi connectivity index (χ0n) is 15.3. The highest BCUT2D eigenvalue weighted by Gasteiger charge is 2.26. The zero-order chi connectivity index (χ0) is 20.8. The van der Waals surface area contributed by atoms with Gasteiger partial charge < -0.3 is 14.8 Å². The van der Waals surface area contributed by atoms with Gasteiger partial charge in [0, 0.05) is 5.56 Å². The second-order valence-electron chi connectivity index (χ2n) is 5.39. The molecule has 2 rings (SSSR count). The lowest BCUT2D eigenvalue weighted by Gasteiger charge is -2.10. The molecule has 7 nitrogen and oxygen atoms in total. The normalized spacial score (nSPS) is 10.1. The molecule has 0 saturated heterocycles. The highest BCUT2D eigenvalue weighted by atomic mass is 32.1. The lowest BCUT2D eigenvalue weighted by Crippen LogP contribution is -2.34. The third kappa shape index (κ3) is 4.90. The Hall–Kier alpha value is -2.85. The number of carbonyl (C=O) groups is 3. The van der Waals surface area contributed by atoms with Crippen LogP contribution in [0.3, 0.4) is 0 Å². The Morgan fingerprint density at radius 1 is 1.25 bits per heavy atom. The Bertz CT molecular complexity index is 942. The van der Waals surface area contributed by atoms with E-state index in [-0.39, 0.29) is 32.7 Å². The molecule has 0 spiro atoms. The van der Waals surface area contributed by atoms with E-state index in [0.717, 1.165) is 17.4 Å². The summed E-state index contributed by atoms with van der Waals surface area (Å²) in [6.07, 6.45) is 0. The van der Waals surface area contributed by atoms with Crippen LogP contribution in [0.5, 0.6) is 0 Å². The first-order chi connectivity index (χ1) is 13.3. The second kappa shape index (κ2) is 9.38. The molecule has 0 radical (unpaired) electrons. The van der Waals surface area contributed by atoms with Crippen LogP contribution in [0.25, 0.3) is 0 Å². The molecule has 0 fully saturated rings. The van der Waals surface area contributed by atoms with Crippen molar-refractivity contribution in [2.75, 3.05) is 19.0 Å². The third-order valence-corrected chi connectivity index (χ3v) is 4.93. The fourth-order valence-electron chi connectivity index (χ4n) is 2.28. The Balaban J connectivity index is 2.26. The van der Waals surface area contributed by atoms with Crippen molar-refractivity contribution in [3.63, 3.8) is 0 Å². The summed E-state index contributed by atoms with van der Waals surface area (Å²) in [5.74, 6) is -2.45. The molecule has 1 aromatic carbocycles. The van der Waals surface area contributed by atoms with Crippen LogP contribution in [0.1, 0.15) is 42.9 Å². The number of methoxy groups -OCH3 is 1. The summed E-state index contributed by atoms with van der Waals surface area (Å²) in [5.41, 5.74) is 0.569. The fraction of sp³-hybridized carbons (Fsp3) is 0.222. The average Bonchev–Trinajstić information content (AvgIpc) is 2.97. The predicted octanol–water partition coefficient (Wildman–Crippen LogP) is 3.29. The van der Waals surface area contributed by atoms with Crippen LogP contribution in [0.15, 0.2) is 24.3 Å². The maximum Gasteiger partial charge on any atom is 0.348 e. The zero-order valence-corrected chi connectivity index (χ0v) is 16.9. The molecule has 10 heteroatoms. The summed E-state index contributed by atoms with van der Waals surface area (Å²) >= 11 is 6.05. The number of benzene rings is 1. The van der Waals surface area contributed by atoms with Gasteiger partial charge in [0.25, 0.3) is 5.91 Å². The van der Waals surface area contributed by atoms with Gasteiger partial charge >= 0.3 is 11.9 Å². The molecule has 0 aliphatic carbocycles. The average molecular weight is 424 g/mol. The lowest BCUT2D eigenvalue weighted by molar-refractivity contribution is 0.0527. The smallest absolute Gasteiger partial charge is 0.348 e. The molecule has 0 bridgehead atoms. The molecule has 2 aromatic rings. The van der Waals surface area contributed by atoms with Gasteiger partial charge in [-0.15, -0.1) is 11.3 Å². The van der Waals surface area contributed by atoms with Gasteiger partial charge in [-0.2, -0.15) is 0 Å². The Labute approximate surface area is 169 Å². The SMILES string of the molecule is CCOC(=O)c1c(NC(=S)NC(=O)c2cccc(F)c2)sc(C(=O)OC)c1C. The molecule has 2 N–H and O–H groups in total. The summed E-state index contributed by atoms with van der Waals surface area (Å²) in [4.78, 5) is 36.6. The standard InChI is InChI=1S/C18H17FN2O5S2/c1-4-26-16(23)12-9(2)13(17(24)25-3)28-15(12)21-18(27)20-14(22)10-6-5-7-11(19)8-10/h5-8H,4H2,1-3H3,(H2,20,21,22,27). The van der Waals surface area contributed by atoms with Crippen LogP contribution < -0.4 is 10.6 Å². The van der Waals surface area contributed by atoms with Gasteiger partial charge in [-0.05, 0) is 49.8 Å². The van der Waals surface area contributed by atoms with Crippen molar-refractivity contribution >= 4 is 51.5 Å². The number of ether oxygens (including phenoxy) is 2. The predicted molar refractivity (Wildman–Crippen MR) is 106 cm³/mol. The number of halogens is 1. The maximum absolute atomic E-state index is 13.3. The number of rotatable bonds is 5. The molecule has 1 heterocycles. The quantitative estimate of drug-likeness (QED) is 0.562. The van der Waals surface area contributed by atoms with E-state index in [0.29, 0.717) is 5.56 Å². The van der Waals surface area contributed by atoms with E-state index in [1.807, 2.05) is 0 Å². The van der Waals surface area contributed by atoms with E-state index < -0.39 is 23.7 Å². The number of thiocarbonyl (C=S) groups is 1. The Kier molecular flexibility index (Phi) is 7.18. The van der Waals surface area contributed by atoms with Crippen LogP contribution >= 0.6 is 23.6 Å². The van der Waals surface area contributed by atoms with Crippen LogP contribution in [-0.2, 0) is 9.47 Å². The fourth-order valence-corrected chi connectivity index (χ4v) is 3.65. The van der Waals surface area contributed by atoms with Crippen LogP contribution in [0.2, 0.25) is 0 Å². The van der Waals surface area contributed by atoms with Crippen LogP contribution in [-0.4, -0.2) is 36.7 Å². The molecule has 0 unspecified atom stereocenters. The molecule has 0 aliphatic rings. The number of thiophene rings is 1. The first kappa shape index (κ1) is 21.5. The molecule has 148 valence electrons. The van der Waals surface area contributed by atoms with E-state index in [1.54, 1.807) is 13.8 Å². The highest BCUT2D eigenvalue weighted by molar-refractivity contribution is 7.80. The minimum absolute atomic E-state index is 0.0763. The number of anilines is 1. The van der Waals surface area contributed by atoms with Crippen molar-refractivity contribution in [3.05, 3.63) is 51.7 Å². The van der Waals surface area contributed by atoms with E-state index in [1.165, 1.54) is 25.3 Å². The Morgan fingerprint density at radius 2 is 1.96 bits per heavy atom. The minimum Gasteiger partial charge on any atom is -0.465 e. The van der Waals surface area contributed by atoms with E-state index in [2.05, 4.69) is 10.6 Å². The van der Waals surface area contributed by atoms with E-state index in [4.69, 9.17) is 21.7 Å². The van der Waals surface area contributed by atoms with E-state index >= 15 is 0 Å². The topological polar surface area (TPSA) is 93.7 Å². The summed E-state index contributed by atoms with van der Waals surface area (Å²) in [6, 6.07) is 5.09. The van der Waals surface area contributed by atoms with Gasteiger partial charge in [-0.25, -0.2) is 14.0 Å². The molecular weight excluding hydrogens is 407 g/mol. The summed E-state index contributed by atoms with van der Waals surface area (Å²) in [7, 11) is 1.22. The highest BCUT2D eigenvalue weighted by Crippen LogP contribution is 2.34. The number of hydrogen-bond acceptors (Lipinski definition) is 7. The van der Waals surface area contributed by atoms with Crippen LogP contribution in [0, 0.1) is 12.7 Å². The molecule has 1 aromatic heterocycles. The number of amides is 1. The van der Waals surface area contributed by atoms with Crippen molar-refractivity contribution in [2.45, 2.75) is 13.8 Å². The Morgan fingerprint density at radius 3 is 2.57 bits per heavy atom. The number of esters is 2. The summed E-state index contributed by atoms with van der Waals surface area (Å²) in [5, 5.41) is 5.21. The number of carbonyl (C=O) groups excluding carboxylic acids is 3. The van der Waals surface area contributed by atoms with Gasteiger partial charge in [0.2, 0.25) is 0 Å². The monoisotopic (exact) mass is 424 g/mol. The van der Waals surface area contributed by atoms with Gasteiger partial charge in [0.1, 0.15) is 15.7 Å². The number of hydrogen-bond donors (Lipinski definition) is 2. The summed E-state index contributed by atoms with van der Waals surface area (Å²) < 4.78 is 23.0. The third-order valence-electron chi connectivity index (χ3n) is 3.54. The molecule has 1 amide bonds. The van der Waals surface area contributed by atoms with Gasteiger partial charge in [-0.3, -0.25) is 10.1 Å². The maximum atomic E-state index is 13.3. The van der Waals surface area contributed by atoms with Gasteiger partial charge in [0.15, 0.2) is 5.11 Å². The van der Waals surface area contributed by atoms with Crippen LogP contribution in [0.4, 0.5) is 9.39 Å². The molecular formula is C18H17FN2O5S2. The van der Waals surface area contributed by atoms with Crippen molar-refractivity contribution in [1.29, 1.82) is 0 Å². The van der Waals surface area contributed by atoms with Crippen molar-refractivity contribution < 1.29 is 28.2 Å². The lowest BCUT2D eigenvalue weighted by atomic mass is 10.1. The van der Waals surface area contributed by atoms with Crippen molar-refractivity contribution in [2.24, 2.45) is 0 Å². The first-order valence-corrected chi connectivity index (χ1v) is 9.27. The van der Waals surface area contributed by atoms with Crippen molar-refractivity contribution in [1.82, 2.24) is 5.32 Å². The summed E-state index contributed by atoms with van der Waals surface area (Å²) in [6.45, 7) is 3.37. The molecule has 0 aliphatic heterocycles. The second-order valence-corrected chi connectivity index (χ2v) is 6.82. The first-order valence-electron chi connectivity index (χ1n) is 8.05. The molecule has 28 heavy (non-hydrogen) atoms. The van der Waals surface area contributed by atoms with Gasteiger partial charge in [-0.1, -0.05) is 6.07 Å². The number of nitrogens with one attached hydrogen (secondary N) is 2. The van der Waals surface area contributed by atoms with E-state index in [9.17, 15) is 18.8 Å². The molecule has 0 atom stereocenters. The minimum atomic E-state index is -0.645.